The number of Topliss-reactive ketones (excluding diaryl/α,β-unsaturated/α-hetero) is 2. The molecule has 0 amide bonds. The lowest BCUT2D eigenvalue weighted by molar-refractivity contribution is -0.123. The van der Waals surface area contributed by atoms with Gasteiger partial charge in [0.2, 0.25) is 0 Å². The SMILES string of the molecule is CC(=O)C(Sc1ccc2nnc(-c3ccc(Cl)cc3)n2n1)C(C)=O. The molecule has 0 atom stereocenters. The highest BCUT2D eigenvalue weighted by atomic mass is 35.5. The second-order valence-electron chi connectivity index (χ2n) is 5.19. The Kier molecular flexibility index (Phi) is 4.64. The minimum Gasteiger partial charge on any atom is -0.298 e. The number of aromatic nitrogens is 4. The van der Waals surface area contributed by atoms with Crippen LogP contribution in [0.15, 0.2) is 41.4 Å². The maximum absolute atomic E-state index is 11.6. The molecule has 1 aromatic carbocycles. The Hall–Kier alpha value is -2.25. The van der Waals surface area contributed by atoms with Crippen LogP contribution < -0.4 is 0 Å². The van der Waals surface area contributed by atoms with Gasteiger partial charge in [0.1, 0.15) is 10.3 Å². The third kappa shape index (κ3) is 3.32. The van der Waals surface area contributed by atoms with Crippen molar-refractivity contribution < 1.29 is 9.59 Å². The smallest absolute Gasteiger partial charge is 0.185 e. The highest BCUT2D eigenvalue weighted by molar-refractivity contribution is 8.01. The molecule has 0 saturated heterocycles. The molecule has 0 bridgehead atoms. The molecule has 2 aromatic heterocycles. The van der Waals surface area contributed by atoms with Gasteiger partial charge in [0.25, 0.3) is 0 Å². The van der Waals surface area contributed by atoms with Crippen LogP contribution in [0.5, 0.6) is 0 Å². The summed E-state index contributed by atoms with van der Waals surface area (Å²) in [5, 5.41) is 13.1. The number of benzene rings is 1. The molecule has 0 spiro atoms. The Morgan fingerprint density at radius 2 is 1.71 bits per heavy atom. The fourth-order valence-electron chi connectivity index (χ4n) is 2.19. The summed E-state index contributed by atoms with van der Waals surface area (Å²) in [6, 6.07) is 10.6. The minimum atomic E-state index is -0.759. The fraction of sp³-hybridized carbons (Fsp3) is 0.188. The van der Waals surface area contributed by atoms with Crippen molar-refractivity contribution in [1.82, 2.24) is 19.8 Å². The van der Waals surface area contributed by atoms with Gasteiger partial charge >= 0.3 is 0 Å². The summed E-state index contributed by atoms with van der Waals surface area (Å²) < 4.78 is 1.59. The number of carbonyl (C=O) groups excluding carboxylic acids is 2. The molecule has 0 aliphatic carbocycles. The molecule has 3 rings (SSSR count). The van der Waals surface area contributed by atoms with E-state index in [9.17, 15) is 9.59 Å². The first-order chi connectivity index (χ1) is 11.5. The van der Waals surface area contributed by atoms with Gasteiger partial charge in [-0.25, -0.2) is 0 Å². The van der Waals surface area contributed by atoms with Crippen molar-refractivity contribution in [2.75, 3.05) is 0 Å². The maximum Gasteiger partial charge on any atom is 0.185 e. The molecule has 0 unspecified atom stereocenters. The second-order valence-corrected chi connectivity index (χ2v) is 6.75. The number of hydrogen-bond donors (Lipinski definition) is 0. The zero-order valence-electron chi connectivity index (χ0n) is 12.9. The third-order valence-electron chi connectivity index (χ3n) is 3.32. The van der Waals surface area contributed by atoms with Crippen molar-refractivity contribution in [1.29, 1.82) is 0 Å². The van der Waals surface area contributed by atoms with Crippen LogP contribution >= 0.6 is 23.4 Å². The van der Waals surface area contributed by atoms with Crippen LogP contribution in [0.3, 0.4) is 0 Å². The van der Waals surface area contributed by atoms with E-state index in [-0.39, 0.29) is 11.6 Å². The van der Waals surface area contributed by atoms with E-state index in [0.29, 0.717) is 21.5 Å². The molecule has 2 heterocycles. The Bertz CT molecular complexity index is 909. The van der Waals surface area contributed by atoms with Crippen molar-refractivity contribution >= 4 is 40.6 Å². The molecule has 6 nitrogen and oxygen atoms in total. The summed E-state index contributed by atoms with van der Waals surface area (Å²) in [6.07, 6.45) is 0. The predicted octanol–water partition coefficient (Wildman–Crippen LogP) is 3.08. The van der Waals surface area contributed by atoms with Crippen molar-refractivity contribution in [2.45, 2.75) is 24.1 Å². The van der Waals surface area contributed by atoms with Crippen molar-refractivity contribution in [2.24, 2.45) is 0 Å². The summed E-state index contributed by atoms with van der Waals surface area (Å²) in [5.74, 6) is 0.165. The van der Waals surface area contributed by atoms with Crippen molar-refractivity contribution in [3.8, 4) is 11.4 Å². The lowest BCUT2D eigenvalue weighted by Gasteiger charge is -2.09. The Labute approximate surface area is 147 Å². The number of hydrogen-bond acceptors (Lipinski definition) is 6. The molecule has 3 aromatic rings. The van der Waals surface area contributed by atoms with Crippen molar-refractivity contribution in [3.05, 3.63) is 41.4 Å². The van der Waals surface area contributed by atoms with Gasteiger partial charge in [-0.2, -0.15) is 9.61 Å². The standard InChI is InChI=1S/C16H13ClN4O2S/c1-9(22)15(10(2)23)24-14-8-7-13-18-19-16(21(13)20-14)11-3-5-12(17)6-4-11/h3-8,15H,1-2H3. The monoisotopic (exact) mass is 360 g/mol. The van der Waals surface area contributed by atoms with Crippen LogP contribution in [-0.2, 0) is 9.59 Å². The second kappa shape index (κ2) is 6.70. The number of carbonyl (C=O) groups is 2. The summed E-state index contributed by atoms with van der Waals surface area (Å²) in [6.45, 7) is 2.80. The Balaban J connectivity index is 2.01. The van der Waals surface area contributed by atoms with Gasteiger partial charge in [-0.3, -0.25) is 9.59 Å². The molecule has 0 aliphatic heterocycles. The molecule has 0 fully saturated rings. The van der Waals surface area contributed by atoms with Crippen LogP contribution in [0.4, 0.5) is 0 Å². The zero-order valence-corrected chi connectivity index (χ0v) is 14.5. The summed E-state index contributed by atoms with van der Waals surface area (Å²) in [5.41, 5.74) is 1.39. The maximum atomic E-state index is 11.6. The number of ketones is 2. The lowest BCUT2D eigenvalue weighted by atomic mass is 10.2. The van der Waals surface area contributed by atoms with E-state index in [1.165, 1.54) is 13.8 Å². The normalized spacial score (nSPS) is 11.2. The van der Waals surface area contributed by atoms with E-state index in [0.717, 1.165) is 17.3 Å². The van der Waals surface area contributed by atoms with Gasteiger partial charge in [0, 0.05) is 10.6 Å². The number of nitrogens with zero attached hydrogens (tertiary/aromatic N) is 4. The molecule has 24 heavy (non-hydrogen) atoms. The van der Waals surface area contributed by atoms with Gasteiger partial charge in [0.05, 0.1) is 0 Å². The van der Waals surface area contributed by atoms with Crippen LogP contribution in [0, 0.1) is 0 Å². The molecule has 0 saturated carbocycles. The predicted molar refractivity (Wildman–Crippen MR) is 92.2 cm³/mol. The van der Waals surface area contributed by atoms with E-state index >= 15 is 0 Å². The topological polar surface area (TPSA) is 77.2 Å². The molecule has 0 N–H and O–H groups in total. The molecular weight excluding hydrogens is 348 g/mol. The first-order valence-electron chi connectivity index (χ1n) is 7.11. The van der Waals surface area contributed by atoms with Crippen LogP contribution in [0.25, 0.3) is 17.0 Å². The first kappa shape index (κ1) is 16.6. The molecule has 122 valence electrons. The van der Waals surface area contributed by atoms with Crippen molar-refractivity contribution in [3.63, 3.8) is 0 Å². The highest BCUT2D eigenvalue weighted by Gasteiger charge is 2.22. The van der Waals surface area contributed by atoms with Gasteiger partial charge in [0.15, 0.2) is 23.0 Å². The summed E-state index contributed by atoms with van der Waals surface area (Å²) in [7, 11) is 0. The van der Waals surface area contributed by atoms with Crippen LogP contribution in [0.1, 0.15) is 13.8 Å². The van der Waals surface area contributed by atoms with E-state index in [1.54, 1.807) is 28.8 Å². The zero-order chi connectivity index (χ0) is 17.3. The average Bonchev–Trinajstić information content (AvgIpc) is 2.96. The quantitative estimate of drug-likeness (QED) is 0.514. The number of rotatable bonds is 5. The van der Waals surface area contributed by atoms with E-state index in [2.05, 4.69) is 15.3 Å². The number of fused-ring (bicyclic) bond motifs is 1. The van der Waals surface area contributed by atoms with E-state index < -0.39 is 5.25 Å². The van der Waals surface area contributed by atoms with Crippen LogP contribution in [-0.4, -0.2) is 36.6 Å². The van der Waals surface area contributed by atoms with Gasteiger partial charge < -0.3 is 0 Å². The average molecular weight is 361 g/mol. The van der Waals surface area contributed by atoms with Gasteiger partial charge in [-0.15, -0.1) is 10.2 Å². The van der Waals surface area contributed by atoms with Gasteiger partial charge in [-0.1, -0.05) is 23.4 Å². The molecule has 0 aliphatic rings. The third-order valence-corrected chi connectivity index (χ3v) is 4.93. The number of thioether (sulfide) groups is 1. The van der Waals surface area contributed by atoms with E-state index in [4.69, 9.17) is 11.6 Å². The van der Waals surface area contributed by atoms with Crippen LogP contribution in [0.2, 0.25) is 5.02 Å². The summed E-state index contributed by atoms with van der Waals surface area (Å²) >= 11 is 7.03. The Morgan fingerprint density at radius 1 is 1.04 bits per heavy atom. The van der Waals surface area contributed by atoms with E-state index in [1.807, 2.05) is 12.1 Å². The molecule has 0 radical (unpaired) electrons. The lowest BCUT2D eigenvalue weighted by Crippen LogP contribution is -2.22. The molecule has 8 heteroatoms. The fourth-order valence-corrected chi connectivity index (χ4v) is 3.16. The van der Waals surface area contributed by atoms with Gasteiger partial charge in [-0.05, 0) is 50.2 Å². The minimum absolute atomic E-state index is 0.198. The number of halogens is 1. The Morgan fingerprint density at radius 3 is 2.33 bits per heavy atom. The summed E-state index contributed by atoms with van der Waals surface area (Å²) in [4.78, 5) is 23.2. The molecular formula is C16H13ClN4O2S. The largest absolute Gasteiger partial charge is 0.298 e. The highest BCUT2D eigenvalue weighted by Crippen LogP contribution is 2.25. The first-order valence-corrected chi connectivity index (χ1v) is 8.37.